The summed E-state index contributed by atoms with van der Waals surface area (Å²) in [6.45, 7) is 4.26. The van der Waals surface area contributed by atoms with Gasteiger partial charge in [-0.05, 0) is 31.4 Å². The first kappa shape index (κ1) is 18.0. The van der Waals surface area contributed by atoms with Gasteiger partial charge in [-0.25, -0.2) is 4.98 Å². The van der Waals surface area contributed by atoms with Crippen molar-refractivity contribution in [1.82, 2.24) is 9.97 Å². The summed E-state index contributed by atoms with van der Waals surface area (Å²) in [4.78, 5) is 8.90. The van der Waals surface area contributed by atoms with Crippen LogP contribution in [0.25, 0.3) is 0 Å². The summed E-state index contributed by atoms with van der Waals surface area (Å²) in [5.41, 5.74) is 2.11. The van der Waals surface area contributed by atoms with E-state index in [1.54, 1.807) is 14.2 Å². The van der Waals surface area contributed by atoms with Gasteiger partial charge in [-0.15, -0.1) is 0 Å². The van der Waals surface area contributed by atoms with Crippen LogP contribution in [0, 0.1) is 6.92 Å². The smallest absolute Gasteiger partial charge is 0.224 e. The standard InChI is InChI=1S/C18H26N4O2/c1-14-13-17(22-18(21-14)20-10-6-12-23-2)19-11-9-15-7-4-5-8-16(15)24-3/h4-5,7-8,13H,6,9-12H2,1-3H3,(H2,19,20,21,22). The van der Waals surface area contributed by atoms with Gasteiger partial charge in [0.25, 0.3) is 0 Å². The number of methoxy groups -OCH3 is 2. The van der Waals surface area contributed by atoms with Crippen molar-refractivity contribution in [1.29, 1.82) is 0 Å². The molecule has 0 unspecified atom stereocenters. The minimum Gasteiger partial charge on any atom is -0.496 e. The van der Waals surface area contributed by atoms with Crippen LogP contribution in [0.4, 0.5) is 11.8 Å². The Kier molecular flexibility index (Phi) is 7.29. The molecule has 0 bridgehead atoms. The molecule has 0 aliphatic rings. The molecule has 0 atom stereocenters. The van der Waals surface area contributed by atoms with Gasteiger partial charge in [-0.1, -0.05) is 18.2 Å². The Hall–Kier alpha value is -2.34. The monoisotopic (exact) mass is 330 g/mol. The lowest BCUT2D eigenvalue weighted by Gasteiger charge is -2.11. The largest absolute Gasteiger partial charge is 0.496 e. The Labute approximate surface area is 143 Å². The number of nitrogens with zero attached hydrogens (tertiary/aromatic N) is 2. The van der Waals surface area contributed by atoms with E-state index in [1.807, 2.05) is 31.2 Å². The number of hydrogen-bond acceptors (Lipinski definition) is 6. The Balaban J connectivity index is 1.88. The van der Waals surface area contributed by atoms with Gasteiger partial charge in [0, 0.05) is 38.6 Å². The Bertz CT molecular complexity index is 634. The maximum absolute atomic E-state index is 5.38. The lowest BCUT2D eigenvalue weighted by atomic mass is 10.1. The van der Waals surface area contributed by atoms with Gasteiger partial charge in [0.15, 0.2) is 0 Å². The van der Waals surface area contributed by atoms with Gasteiger partial charge < -0.3 is 20.1 Å². The molecule has 0 radical (unpaired) electrons. The molecule has 2 N–H and O–H groups in total. The van der Waals surface area contributed by atoms with E-state index in [2.05, 4.69) is 26.7 Å². The third kappa shape index (κ3) is 5.70. The molecule has 1 aromatic carbocycles. The maximum Gasteiger partial charge on any atom is 0.224 e. The quantitative estimate of drug-likeness (QED) is 0.653. The molecule has 0 aliphatic carbocycles. The van der Waals surface area contributed by atoms with Gasteiger partial charge in [-0.3, -0.25) is 0 Å². The Morgan fingerprint density at radius 3 is 2.67 bits per heavy atom. The zero-order chi connectivity index (χ0) is 17.2. The highest BCUT2D eigenvalue weighted by Crippen LogP contribution is 2.18. The van der Waals surface area contributed by atoms with E-state index in [0.29, 0.717) is 5.95 Å². The molecule has 130 valence electrons. The molecule has 24 heavy (non-hydrogen) atoms. The molecule has 0 amide bonds. The second-order valence-corrected chi connectivity index (χ2v) is 5.48. The van der Waals surface area contributed by atoms with Crippen molar-refractivity contribution in [2.24, 2.45) is 0 Å². The molecule has 1 heterocycles. The van der Waals surface area contributed by atoms with Crippen LogP contribution in [0.15, 0.2) is 30.3 Å². The molecule has 2 rings (SSSR count). The lowest BCUT2D eigenvalue weighted by molar-refractivity contribution is 0.197. The van der Waals surface area contributed by atoms with Crippen molar-refractivity contribution >= 4 is 11.8 Å². The van der Waals surface area contributed by atoms with E-state index in [0.717, 1.165) is 49.8 Å². The predicted molar refractivity (Wildman–Crippen MR) is 96.9 cm³/mol. The first-order chi connectivity index (χ1) is 11.7. The highest BCUT2D eigenvalue weighted by Gasteiger charge is 2.04. The van der Waals surface area contributed by atoms with Crippen molar-refractivity contribution in [2.75, 3.05) is 44.5 Å². The summed E-state index contributed by atoms with van der Waals surface area (Å²) in [6, 6.07) is 10.0. The topological polar surface area (TPSA) is 68.3 Å². The fraction of sp³-hybridized carbons (Fsp3) is 0.444. The second-order valence-electron chi connectivity index (χ2n) is 5.48. The minimum absolute atomic E-state index is 0.644. The minimum atomic E-state index is 0.644. The highest BCUT2D eigenvalue weighted by molar-refractivity contribution is 5.42. The Morgan fingerprint density at radius 2 is 1.88 bits per heavy atom. The third-order valence-corrected chi connectivity index (χ3v) is 3.56. The number of nitrogens with one attached hydrogen (secondary N) is 2. The SMILES string of the molecule is COCCCNc1nc(C)cc(NCCc2ccccc2OC)n1. The number of para-hydroxylation sites is 1. The second kappa shape index (κ2) is 9.72. The van der Waals surface area contributed by atoms with Gasteiger partial charge in [0.2, 0.25) is 5.95 Å². The van der Waals surface area contributed by atoms with E-state index in [1.165, 1.54) is 5.56 Å². The average molecular weight is 330 g/mol. The lowest BCUT2D eigenvalue weighted by Crippen LogP contribution is -2.11. The molecule has 0 saturated carbocycles. The van der Waals surface area contributed by atoms with Gasteiger partial charge >= 0.3 is 0 Å². The number of aryl methyl sites for hydroxylation is 1. The van der Waals surface area contributed by atoms with E-state index < -0.39 is 0 Å². The predicted octanol–water partition coefficient (Wildman–Crippen LogP) is 2.90. The number of ether oxygens (including phenoxy) is 2. The Morgan fingerprint density at radius 1 is 1.04 bits per heavy atom. The molecule has 1 aromatic heterocycles. The van der Waals surface area contributed by atoms with Crippen molar-refractivity contribution in [3.63, 3.8) is 0 Å². The third-order valence-electron chi connectivity index (χ3n) is 3.56. The number of hydrogen-bond donors (Lipinski definition) is 2. The fourth-order valence-corrected chi connectivity index (χ4v) is 2.39. The molecule has 0 saturated heterocycles. The summed E-state index contributed by atoms with van der Waals surface area (Å²) in [5.74, 6) is 2.39. The number of aromatic nitrogens is 2. The normalized spacial score (nSPS) is 10.5. The van der Waals surface area contributed by atoms with Crippen LogP contribution in [0.3, 0.4) is 0 Å². The van der Waals surface area contributed by atoms with Crippen molar-refractivity contribution in [3.05, 3.63) is 41.6 Å². The van der Waals surface area contributed by atoms with E-state index in [-0.39, 0.29) is 0 Å². The molecular formula is C18H26N4O2. The zero-order valence-corrected chi connectivity index (χ0v) is 14.6. The van der Waals surface area contributed by atoms with Gasteiger partial charge in [-0.2, -0.15) is 4.98 Å². The van der Waals surface area contributed by atoms with Crippen LogP contribution in [0.5, 0.6) is 5.75 Å². The number of anilines is 2. The van der Waals surface area contributed by atoms with Crippen LogP contribution in [0.1, 0.15) is 17.7 Å². The maximum atomic E-state index is 5.38. The van der Waals surface area contributed by atoms with Gasteiger partial charge in [0.05, 0.1) is 7.11 Å². The molecule has 2 aromatic rings. The first-order valence-electron chi connectivity index (χ1n) is 8.17. The molecule has 0 aliphatic heterocycles. The van der Waals surface area contributed by atoms with E-state index in [9.17, 15) is 0 Å². The summed E-state index contributed by atoms with van der Waals surface area (Å²) < 4.78 is 10.4. The molecule has 0 fully saturated rings. The summed E-state index contributed by atoms with van der Waals surface area (Å²) in [7, 11) is 3.40. The molecular weight excluding hydrogens is 304 g/mol. The zero-order valence-electron chi connectivity index (χ0n) is 14.6. The van der Waals surface area contributed by atoms with Crippen LogP contribution in [0.2, 0.25) is 0 Å². The summed E-state index contributed by atoms with van der Waals surface area (Å²) in [6.07, 6.45) is 1.79. The molecule has 6 heteroatoms. The summed E-state index contributed by atoms with van der Waals surface area (Å²) in [5, 5.41) is 6.58. The van der Waals surface area contributed by atoms with Crippen LogP contribution < -0.4 is 15.4 Å². The van der Waals surface area contributed by atoms with Crippen LogP contribution >= 0.6 is 0 Å². The summed E-state index contributed by atoms with van der Waals surface area (Å²) >= 11 is 0. The molecule has 6 nitrogen and oxygen atoms in total. The van der Waals surface area contributed by atoms with Crippen LogP contribution in [-0.4, -0.2) is 43.9 Å². The average Bonchev–Trinajstić information content (AvgIpc) is 2.59. The van der Waals surface area contributed by atoms with Crippen LogP contribution in [-0.2, 0) is 11.2 Å². The van der Waals surface area contributed by atoms with Crippen molar-refractivity contribution in [2.45, 2.75) is 19.8 Å². The fourth-order valence-electron chi connectivity index (χ4n) is 2.39. The van der Waals surface area contributed by atoms with Crippen molar-refractivity contribution < 1.29 is 9.47 Å². The first-order valence-corrected chi connectivity index (χ1v) is 8.17. The highest BCUT2D eigenvalue weighted by atomic mass is 16.5. The number of benzene rings is 1. The van der Waals surface area contributed by atoms with Crippen molar-refractivity contribution in [3.8, 4) is 5.75 Å². The van der Waals surface area contributed by atoms with Gasteiger partial charge in [0.1, 0.15) is 11.6 Å². The molecule has 0 spiro atoms. The number of rotatable bonds is 10. The van der Waals surface area contributed by atoms with E-state index >= 15 is 0 Å². The van der Waals surface area contributed by atoms with E-state index in [4.69, 9.17) is 9.47 Å².